The maximum atomic E-state index is 12.6. The lowest BCUT2D eigenvalue weighted by atomic mass is 10.1. The zero-order valence-corrected chi connectivity index (χ0v) is 17.6. The number of amides is 1. The van der Waals surface area contributed by atoms with Crippen molar-refractivity contribution in [2.75, 3.05) is 11.9 Å². The molecule has 0 atom stereocenters. The topological polar surface area (TPSA) is 86.1 Å². The van der Waals surface area contributed by atoms with Crippen molar-refractivity contribution in [1.82, 2.24) is 14.8 Å². The number of carbonyl (C=O) groups is 1. The largest absolute Gasteiger partial charge is 0.492 e. The van der Waals surface area contributed by atoms with Crippen LogP contribution in [-0.2, 0) is 6.54 Å². The number of ether oxygens (including phenoxy) is 1. The molecule has 0 aliphatic rings. The minimum absolute atomic E-state index is 0.131. The molecule has 0 radical (unpaired) electrons. The van der Waals surface area contributed by atoms with Gasteiger partial charge in [-0.3, -0.25) is 14.9 Å². The van der Waals surface area contributed by atoms with E-state index in [1.54, 1.807) is 0 Å². The van der Waals surface area contributed by atoms with Crippen molar-refractivity contribution < 1.29 is 9.53 Å². The van der Waals surface area contributed by atoms with Gasteiger partial charge in [0, 0.05) is 17.0 Å². The van der Waals surface area contributed by atoms with E-state index < -0.39 is 5.91 Å². The molecule has 31 heavy (non-hydrogen) atoms. The maximum absolute atomic E-state index is 12.6. The monoisotopic (exact) mass is 432 g/mol. The second-order valence-electron chi connectivity index (χ2n) is 6.75. The van der Waals surface area contributed by atoms with Crippen LogP contribution in [-0.4, -0.2) is 27.3 Å². The quantitative estimate of drug-likeness (QED) is 0.477. The van der Waals surface area contributed by atoms with Crippen LogP contribution in [0.2, 0.25) is 0 Å². The number of aryl methyl sites for hydroxylation is 1. The van der Waals surface area contributed by atoms with Crippen LogP contribution in [0.3, 0.4) is 0 Å². The minimum atomic E-state index is -0.427. The number of anilines is 1. The fraction of sp³-hybridized carbons (Fsp3) is 0.130. The molecule has 156 valence electrons. The zero-order valence-electron chi connectivity index (χ0n) is 16.8. The molecule has 1 N–H and O–H groups in total. The number of para-hydroxylation sites is 1. The Balaban J connectivity index is 1.42. The summed E-state index contributed by atoms with van der Waals surface area (Å²) in [6, 6.07) is 20.0. The molecule has 2 aromatic heterocycles. The van der Waals surface area contributed by atoms with Crippen LogP contribution in [0.15, 0.2) is 76.9 Å². The Labute approximate surface area is 183 Å². The summed E-state index contributed by atoms with van der Waals surface area (Å²) in [4.78, 5) is 29.2. The average molecular weight is 433 g/mol. The third kappa shape index (κ3) is 5.04. The highest BCUT2D eigenvalue weighted by Crippen LogP contribution is 2.27. The number of thiazole rings is 1. The van der Waals surface area contributed by atoms with Gasteiger partial charge in [-0.25, -0.2) is 9.67 Å². The highest BCUT2D eigenvalue weighted by molar-refractivity contribution is 7.14. The lowest BCUT2D eigenvalue weighted by Crippen LogP contribution is -2.28. The molecule has 4 rings (SSSR count). The lowest BCUT2D eigenvalue weighted by molar-refractivity contribution is 0.101. The van der Waals surface area contributed by atoms with Gasteiger partial charge in [0.25, 0.3) is 11.5 Å². The van der Waals surface area contributed by atoms with E-state index in [2.05, 4.69) is 15.4 Å². The second kappa shape index (κ2) is 9.36. The fourth-order valence-electron chi connectivity index (χ4n) is 2.97. The molecule has 4 aromatic rings. The Morgan fingerprint density at radius 3 is 2.65 bits per heavy atom. The molecular formula is C23H20N4O3S. The lowest BCUT2D eigenvalue weighted by Gasteiger charge is -2.08. The summed E-state index contributed by atoms with van der Waals surface area (Å²) >= 11 is 1.34. The van der Waals surface area contributed by atoms with Crippen LogP contribution in [0.1, 0.15) is 16.1 Å². The van der Waals surface area contributed by atoms with Gasteiger partial charge >= 0.3 is 0 Å². The van der Waals surface area contributed by atoms with Crippen molar-refractivity contribution in [3.63, 3.8) is 0 Å². The molecule has 0 fully saturated rings. The molecule has 0 bridgehead atoms. The van der Waals surface area contributed by atoms with Crippen molar-refractivity contribution in [3.8, 4) is 17.0 Å². The molecule has 8 heteroatoms. The van der Waals surface area contributed by atoms with E-state index in [0.29, 0.717) is 10.9 Å². The Morgan fingerprint density at radius 1 is 1.06 bits per heavy atom. The van der Waals surface area contributed by atoms with E-state index in [4.69, 9.17) is 4.74 Å². The SMILES string of the molecule is Cc1ccccc1-c1csc(NC(=O)c2ccc(=O)n(CCOc3ccccc3)n2)n1. The zero-order chi connectivity index (χ0) is 21.6. The molecule has 0 aliphatic carbocycles. The predicted molar refractivity (Wildman–Crippen MR) is 121 cm³/mol. The summed E-state index contributed by atoms with van der Waals surface area (Å²) in [5.74, 6) is 0.279. The summed E-state index contributed by atoms with van der Waals surface area (Å²) in [7, 11) is 0. The molecule has 2 aromatic carbocycles. The van der Waals surface area contributed by atoms with Gasteiger partial charge in [-0.1, -0.05) is 42.5 Å². The van der Waals surface area contributed by atoms with Crippen LogP contribution >= 0.6 is 11.3 Å². The van der Waals surface area contributed by atoms with Crippen molar-refractivity contribution in [1.29, 1.82) is 0 Å². The summed E-state index contributed by atoms with van der Waals surface area (Å²) in [5, 5.41) is 9.29. The number of hydrogen-bond acceptors (Lipinski definition) is 6. The minimum Gasteiger partial charge on any atom is -0.492 e. The van der Waals surface area contributed by atoms with Crippen LogP contribution < -0.4 is 15.6 Å². The summed E-state index contributed by atoms with van der Waals surface area (Å²) < 4.78 is 6.83. The first-order valence-electron chi connectivity index (χ1n) is 9.69. The Kier molecular flexibility index (Phi) is 6.18. The number of rotatable bonds is 7. The molecule has 0 saturated heterocycles. The Morgan fingerprint density at radius 2 is 1.84 bits per heavy atom. The Hall–Kier alpha value is -3.78. The highest BCUT2D eigenvalue weighted by atomic mass is 32.1. The molecular weight excluding hydrogens is 412 g/mol. The molecule has 1 amide bonds. The third-order valence-electron chi connectivity index (χ3n) is 4.56. The van der Waals surface area contributed by atoms with Gasteiger partial charge in [0.2, 0.25) is 0 Å². The van der Waals surface area contributed by atoms with Gasteiger partial charge in [-0.05, 0) is 30.7 Å². The average Bonchev–Trinajstić information content (AvgIpc) is 3.24. The van der Waals surface area contributed by atoms with Crippen molar-refractivity contribution in [3.05, 3.63) is 93.7 Å². The number of benzene rings is 2. The van der Waals surface area contributed by atoms with Crippen LogP contribution in [0, 0.1) is 6.92 Å². The standard InChI is InChI=1S/C23H20N4O3S/c1-16-7-5-6-10-18(16)20-15-31-23(24-20)25-22(29)19-11-12-21(28)27(26-19)13-14-30-17-8-3-2-4-9-17/h2-12,15H,13-14H2,1H3,(H,24,25,29). The summed E-state index contributed by atoms with van der Waals surface area (Å²) in [6.45, 7) is 2.50. The molecule has 7 nitrogen and oxygen atoms in total. The predicted octanol–water partition coefficient (Wildman–Crippen LogP) is 4.01. The van der Waals surface area contributed by atoms with E-state index >= 15 is 0 Å². The molecule has 0 unspecified atom stereocenters. The van der Waals surface area contributed by atoms with Gasteiger partial charge < -0.3 is 4.74 Å². The third-order valence-corrected chi connectivity index (χ3v) is 5.32. The second-order valence-corrected chi connectivity index (χ2v) is 7.61. The van der Waals surface area contributed by atoms with Crippen molar-refractivity contribution in [2.45, 2.75) is 13.5 Å². The fourth-order valence-corrected chi connectivity index (χ4v) is 3.68. The first-order valence-corrected chi connectivity index (χ1v) is 10.6. The van der Waals surface area contributed by atoms with Crippen molar-refractivity contribution >= 4 is 22.4 Å². The summed E-state index contributed by atoms with van der Waals surface area (Å²) in [5.41, 5.74) is 2.76. The van der Waals surface area contributed by atoms with Gasteiger partial charge in [0.15, 0.2) is 5.13 Å². The first kappa shape index (κ1) is 20.5. The Bertz CT molecular complexity index is 1250. The normalized spacial score (nSPS) is 10.6. The molecule has 0 saturated carbocycles. The number of carbonyl (C=O) groups excluding carboxylic acids is 1. The van der Waals surface area contributed by atoms with Gasteiger partial charge in [0.05, 0.1) is 12.2 Å². The van der Waals surface area contributed by atoms with E-state index in [0.717, 1.165) is 16.8 Å². The van der Waals surface area contributed by atoms with Crippen LogP contribution in [0.25, 0.3) is 11.3 Å². The number of nitrogens with one attached hydrogen (secondary N) is 1. The first-order chi connectivity index (χ1) is 15.1. The van der Waals surface area contributed by atoms with Gasteiger partial charge in [-0.15, -0.1) is 11.3 Å². The molecule has 0 aliphatic heterocycles. The number of aromatic nitrogens is 3. The highest BCUT2D eigenvalue weighted by Gasteiger charge is 2.13. The molecule has 0 spiro atoms. The van der Waals surface area contributed by atoms with Gasteiger partial charge in [-0.2, -0.15) is 5.10 Å². The smallest absolute Gasteiger partial charge is 0.277 e. The van der Waals surface area contributed by atoms with E-state index in [1.807, 2.05) is 66.9 Å². The van der Waals surface area contributed by atoms with Crippen molar-refractivity contribution in [2.24, 2.45) is 0 Å². The number of hydrogen-bond donors (Lipinski definition) is 1. The molecule has 2 heterocycles. The maximum Gasteiger partial charge on any atom is 0.277 e. The van der Waals surface area contributed by atoms with Gasteiger partial charge in [0.1, 0.15) is 18.1 Å². The van der Waals surface area contributed by atoms with E-state index in [9.17, 15) is 9.59 Å². The van der Waals surface area contributed by atoms with E-state index in [1.165, 1.54) is 28.2 Å². The van der Waals surface area contributed by atoms with Crippen LogP contribution in [0.5, 0.6) is 5.75 Å². The number of nitrogens with zero attached hydrogens (tertiary/aromatic N) is 3. The van der Waals surface area contributed by atoms with E-state index in [-0.39, 0.29) is 24.4 Å². The van der Waals surface area contributed by atoms with Crippen LogP contribution in [0.4, 0.5) is 5.13 Å². The summed E-state index contributed by atoms with van der Waals surface area (Å²) in [6.07, 6.45) is 0.